The number of nitrogens with zero attached hydrogens (tertiary/aromatic N) is 4. The molecule has 1 aliphatic carbocycles. The molecule has 1 saturated heterocycles. The van der Waals surface area contributed by atoms with Gasteiger partial charge in [-0.05, 0) is 23.1 Å². The van der Waals surface area contributed by atoms with Crippen LogP contribution in [0, 0.1) is 0 Å². The van der Waals surface area contributed by atoms with E-state index < -0.39 is 44.9 Å². The molecule has 0 unspecified atom stereocenters. The zero-order chi connectivity index (χ0) is 28.8. The number of rotatable bonds is 3. The number of aromatic nitrogens is 3. The molecule has 3 heterocycles. The number of halogens is 3. The number of carbonyl (C=O) groups is 2. The zero-order valence-corrected chi connectivity index (χ0v) is 24.3. The Bertz CT molecular complexity index is 1950. The fraction of sp³-hybridized carbons (Fsp3) is 0.241. The molecule has 0 bridgehead atoms. The Morgan fingerprint density at radius 3 is 2.34 bits per heavy atom. The van der Waals surface area contributed by atoms with Gasteiger partial charge in [0.2, 0.25) is 0 Å². The lowest BCUT2D eigenvalue weighted by atomic mass is 9.64. The van der Waals surface area contributed by atoms with Crippen LogP contribution in [-0.2, 0) is 16.1 Å². The molecule has 4 atom stereocenters. The van der Waals surface area contributed by atoms with Crippen LogP contribution in [0.25, 0.3) is 16.5 Å². The first kappa shape index (κ1) is 26.3. The van der Waals surface area contributed by atoms with E-state index in [1.807, 2.05) is 12.1 Å². The molecule has 3 aliphatic rings. The van der Waals surface area contributed by atoms with Crippen LogP contribution in [0.4, 0.5) is 0 Å². The van der Waals surface area contributed by atoms with Gasteiger partial charge in [-0.2, -0.15) is 0 Å². The summed E-state index contributed by atoms with van der Waals surface area (Å²) in [6.45, 7) is 0.0110. The van der Waals surface area contributed by atoms with Crippen molar-refractivity contribution in [2.24, 2.45) is 0 Å². The molecule has 3 aromatic carbocycles. The molecule has 208 valence electrons. The van der Waals surface area contributed by atoms with Crippen LogP contribution in [0.5, 0.6) is 5.75 Å². The van der Waals surface area contributed by atoms with Crippen LogP contribution in [0.3, 0.4) is 0 Å². The molecule has 0 radical (unpaired) electrons. The Kier molecular flexibility index (Phi) is 5.74. The minimum Gasteiger partial charge on any atom is -0.507 e. The van der Waals surface area contributed by atoms with Crippen LogP contribution >= 0.6 is 39.1 Å². The SMILES string of the molecule is O=C1N(CBr)C(=O)[C@@]2(Cl)[C@@H](c3ccc4ccccc4c3O)C3=CCn4c(=O)n(-c5ccccc5)c(=O)n4[C@@H]3C[C@@]12Cl. The molecule has 2 amide bonds. The van der Waals surface area contributed by atoms with Gasteiger partial charge in [0, 0.05) is 23.3 Å². The van der Waals surface area contributed by atoms with Crippen LogP contribution in [0.2, 0.25) is 0 Å². The Morgan fingerprint density at radius 1 is 0.902 bits per heavy atom. The second-order valence-corrected chi connectivity index (χ2v) is 12.2. The van der Waals surface area contributed by atoms with E-state index in [2.05, 4.69) is 15.9 Å². The third-order valence-corrected chi connectivity index (χ3v) is 10.5. The Hall–Kier alpha value is -3.60. The standard InChI is InChI=1S/C29H21BrCl2N4O5/c30-15-33-24(38)28(31)14-21-19(12-13-34-26(40)35(27(41)36(21)34)17-7-2-1-3-8-17)22(29(28,32)25(33)39)20-11-10-16-6-4-5-9-18(16)23(20)37/h1-12,21-22,37H,13-15H2/t21-,22-,28-,29+/m1/s1. The summed E-state index contributed by atoms with van der Waals surface area (Å²) >= 11 is 17.7. The Balaban J connectivity index is 1.51. The van der Waals surface area contributed by atoms with Gasteiger partial charge in [0.1, 0.15) is 5.75 Å². The van der Waals surface area contributed by atoms with Gasteiger partial charge >= 0.3 is 11.4 Å². The topological polar surface area (TPSA) is 107 Å². The number of alkyl halides is 3. The number of fused-ring (bicyclic) bond motifs is 5. The van der Waals surface area contributed by atoms with Crippen LogP contribution in [0.15, 0.2) is 88.0 Å². The first-order valence-corrected chi connectivity index (χ1v) is 14.7. The number of amides is 2. The molecule has 12 heteroatoms. The summed E-state index contributed by atoms with van der Waals surface area (Å²) in [5, 5.41) is 12.9. The predicted octanol–water partition coefficient (Wildman–Crippen LogP) is 4.00. The normalized spacial score (nSPS) is 27.0. The Labute approximate surface area is 250 Å². The molecule has 4 aromatic rings. The number of phenols is 1. The molecular weight excluding hydrogens is 635 g/mol. The molecule has 0 spiro atoms. The summed E-state index contributed by atoms with van der Waals surface area (Å²) in [7, 11) is 0. The van der Waals surface area contributed by atoms with Gasteiger partial charge in [0.05, 0.1) is 23.7 Å². The molecule has 2 fully saturated rings. The average Bonchev–Trinajstić information content (AvgIpc) is 3.32. The quantitative estimate of drug-likeness (QED) is 0.155. The lowest BCUT2D eigenvalue weighted by Crippen LogP contribution is -2.59. The lowest BCUT2D eigenvalue weighted by molar-refractivity contribution is -0.138. The van der Waals surface area contributed by atoms with E-state index in [4.69, 9.17) is 23.2 Å². The predicted molar refractivity (Wildman–Crippen MR) is 157 cm³/mol. The van der Waals surface area contributed by atoms with Crippen molar-refractivity contribution in [1.82, 2.24) is 18.8 Å². The minimum atomic E-state index is -2.02. The first-order chi connectivity index (χ1) is 19.6. The monoisotopic (exact) mass is 654 g/mol. The summed E-state index contributed by atoms with van der Waals surface area (Å²) in [6, 6.07) is 18.3. The van der Waals surface area contributed by atoms with E-state index in [0.717, 1.165) is 14.9 Å². The molecule has 1 N–H and O–H groups in total. The first-order valence-electron chi connectivity index (χ1n) is 12.9. The Morgan fingerprint density at radius 2 is 1.61 bits per heavy atom. The third kappa shape index (κ3) is 3.23. The van der Waals surface area contributed by atoms with Crippen molar-refractivity contribution in [2.45, 2.75) is 34.7 Å². The number of hydrogen-bond acceptors (Lipinski definition) is 5. The molecular formula is C29H21BrCl2N4O5. The number of likely N-dealkylation sites (tertiary alicyclic amines) is 1. The summed E-state index contributed by atoms with van der Waals surface area (Å²) in [5.41, 5.74) is -0.0975. The molecule has 1 aromatic heterocycles. The summed E-state index contributed by atoms with van der Waals surface area (Å²) in [6.07, 6.45) is 1.52. The number of para-hydroxylation sites is 1. The van der Waals surface area contributed by atoms with Gasteiger partial charge in [0.15, 0.2) is 9.75 Å². The van der Waals surface area contributed by atoms with Crippen LogP contribution in [0.1, 0.15) is 23.9 Å². The van der Waals surface area contributed by atoms with Crippen molar-refractivity contribution in [3.05, 3.63) is 105 Å². The van der Waals surface area contributed by atoms with E-state index in [-0.39, 0.29) is 24.2 Å². The van der Waals surface area contributed by atoms with Crippen molar-refractivity contribution in [3.8, 4) is 11.4 Å². The van der Waals surface area contributed by atoms with Gasteiger partial charge in [-0.1, -0.05) is 76.6 Å². The maximum Gasteiger partial charge on any atom is 0.352 e. The number of imide groups is 1. The van der Waals surface area contributed by atoms with Crippen molar-refractivity contribution < 1.29 is 14.7 Å². The molecule has 41 heavy (non-hydrogen) atoms. The van der Waals surface area contributed by atoms with Gasteiger partial charge < -0.3 is 5.11 Å². The summed E-state index contributed by atoms with van der Waals surface area (Å²) in [4.78, 5) is 52.0. The number of carbonyl (C=O) groups excluding carboxylic acids is 2. The van der Waals surface area contributed by atoms with Gasteiger partial charge in [-0.3, -0.25) is 14.5 Å². The number of benzene rings is 3. The molecule has 7 rings (SSSR count). The highest BCUT2D eigenvalue weighted by Crippen LogP contribution is 2.64. The number of phenolic OH excluding ortho intramolecular Hbond substituents is 1. The van der Waals surface area contributed by atoms with E-state index in [9.17, 15) is 24.3 Å². The van der Waals surface area contributed by atoms with Gasteiger partial charge in [-0.25, -0.2) is 23.5 Å². The largest absolute Gasteiger partial charge is 0.507 e. The minimum absolute atomic E-state index is 0.0110. The van der Waals surface area contributed by atoms with Crippen LogP contribution < -0.4 is 11.4 Å². The zero-order valence-electron chi connectivity index (χ0n) is 21.2. The summed E-state index contributed by atoms with van der Waals surface area (Å²) in [5.74, 6) is -2.62. The lowest BCUT2D eigenvalue weighted by Gasteiger charge is -2.49. The second kappa shape index (κ2) is 8.95. The van der Waals surface area contributed by atoms with Crippen molar-refractivity contribution in [1.29, 1.82) is 0 Å². The van der Waals surface area contributed by atoms with E-state index in [1.165, 1.54) is 9.36 Å². The molecule has 9 nitrogen and oxygen atoms in total. The maximum absolute atomic E-state index is 13.9. The highest BCUT2D eigenvalue weighted by atomic mass is 79.9. The number of allylic oxidation sites excluding steroid dienone is 2. The van der Waals surface area contributed by atoms with Crippen molar-refractivity contribution in [2.75, 3.05) is 5.45 Å². The van der Waals surface area contributed by atoms with Gasteiger partial charge in [-0.15, -0.1) is 23.2 Å². The smallest absolute Gasteiger partial charge is 0.352 e. The fourth-order valence-corrected chi connectivity index (χ4v) is 8.06. The average molecular weight is 656 g/mol. The van der Waals surface area contributed by atoms with Crippen LogP contribution in [-0.4, -0.2) is 51.0 Å². The van der Waals surface area contributed by atoms with E-state index in [0.29, 0.717) is 22.2 Å². The second-order valence-electron chi connectivity index (χ2n) is 10.4. The number of aromatic hydroxyl groups is 1. The number of hydrogen-bond donors (Lipinski definition) is 1. The highest BCUT2D eigenvalue weighted by Gasteiger charge is 2.75. The van der Waals surface area contributed by atoms with E-state index >= 15 is 0 Å². The summed E-state index contributed by atoms with van der Waals surface area (Å²) < 4.78 is 3.66. The third-order valence-electron chi connectivity index (χ3n) is 8.54. The van der Waals surface area contributed by atoms with Crippen molar-refractivity contribution >= 4 is 61.7 Å². The van der Waals surface area contributed by atoms with Gasteiger partial charge in [0.25, 0.3) is 11.8 Å². The highest BCUT2D eigenvalue weighted by molar-refractivity contribution is 9.09. The molecule has 1 saturated carbocycles. The van der Waals surface area contributed by atoms with Crippen molar-refractivity contribution in [3.63, 3.8) is 0 Å². The van der Waals surface area contributed by atoms with E-state index in [1.54, 1.807) is 60.7 Å². The fourth-order valence-electron chi connectivity index (χ4n) is 6.66. The maximum atomic E-state index is 13.9. The molecule has 2 aliphatic heterocycles.